The van der Waals surface area contributed by atoms with Crippen molar-refractivity contribution < 1.29 is 0 Å². The average molecular weight is 460 g/mol. The molecule has 0 bridgehead atoms. The Morgan fingerprint density at radius 1 is 0.361 bits per heavy atom. The zero-order valence-corrected chi connectivity index (χ0v) is 20.1. The summed E-state index contributed by atoms with van der Waals surface area (Å²) in [6.45, 7) is 0. The highest BCUT2D eigenvalue weighted by Gasteiger charge is 2.46. The molecule has 0 saturated carbocycles. The third-order valence-electron chi connectivity index (χ3n) is 7.11. The maximum absolute atomic E-state index is 2.31. The molecule has 6 aromatic rings. The van der Waals surface area contributed by atoms with E-state index in [9.17, 15) is 0 Å². The largest absolute Gasteiger partial charge is 0.0622 e. The van der Waals surface area contributed by atoms with Crippen molar-refractivity contribution >= 4 is 10.8 Å². The van der Waals surface area contributed by atoms with Crippen LogP contribution in [0.2, 0.25) is 0 Å². The summed E-state index contributed by atoms with van der Waals surface area (Å²) in [6, 6.07) is 59.2. The molecule has 0 nitrogen and oxygen atoms in total. The van der Waals surface area contributed by atoms with Crippen molar-refractivity contribution in [3.63, 3.8) is 0 Å². The van der Waals surface area contributed by atoms with Gasteiger partial charge in [0.25, 0.3) is 0 Å². The standard InChI is InChI=1S/C36H27/c1-5-17-29(18-6-1)35(30-19-7-2-8-20-30)36(31-22-9-3-10-23-31,32-24-11-4-12-25-32)34-27-15-21-28-16-13-14-26-33(28)34/h1-27H. The van der Waals surface area contributed by atoms with Gasteiger partial charge >= 0.3 is 0 Å². The molecule has 1 radical (unpaired) electrons. The van der Waals surface area contributed by atoms with Crippen LogP contribution < -0.4 is 0 Å². The molecule has 0 amide bonds. The summed E-state index contributed by atoms with van der Waals surface area (Å²) < 4.78 is 0. The van der Waals surface area contributed by atoms with E-state index in [-0.39, 0.29) is 0 Å². The van der Waals surface area contributed by atoms with Gasteiger partial charge in [0.1, 0.15) is 0 Å². The van der Waals surface area contributed by atoms with Crippen molar-refractivity contribution in [2.45, 2.75) is 5.41 Å². The predicted octanol–water partition coefficient (Wildman–Crippen LogP) is 8.85. The van der Waals surface area contributed by atoms with Gasteiger partial charge in [-0.05, 0) is 38.6 Å². The molecule has 0 aliphatic heterocycles. The Balaban J connectivity index is 1.83. The molecule has 0 saturated heterocycles. The molecule has 171 valence electrons. The van der Waals surface area contributed by atoms with Crippen molar-refractivity contribution in [1.29, 1.82) is 0 Å². The second kappa shape index (κ2) is 9.68. The van der Waals surface area contributed by atoms with Crippen LogP contribution in [0.4, 0.5) is 0 Å². The first-order valence-electron chi connectivity index (χ1n) is 12.5. The third-order valence-corrected chi connectivity index (χ3v) is 7.11. The SMILES string of the molecule is c1ccc([C](c2ccccc2)C(c2ccccc2)(c2ccccc2)c2cccc3ccccc23)cc1. The Morgan fingerprint density at radius 3 is 1.31 bits per heavy atom. The highest BCUT2D eigenvalue weighted by Crippen LogP contribution is 2.53. The Morgan fingerprint density at radius 2 is 0.778 bits per heavy atom. The van der Waals surface area contributed by atoms with Gasteiger partial charge in [0.05, 0.1) is 11.3 Å². The second-order valence-electron chi connectivity index (χ2n) is 9.12. The molecular weight excluding hydrogens is 432 g/mol. The minimum Gasteiger partial charge on any atom is -0.0622 e. The minimum atomic E-state index is -0.550. The minimum absolute atomic E-state index is 0.550. The van der Waals surface area contributed by atoms with Crippen molar-refractivity contribution in [2.24, 2.45) is 0 Å². The number of rotatable bonds is 6. The van der Waals surface area contributed by atoms with E-state index in [0.29, 0.717) is 0 Å². The molecule has 36 heavy (non-hydrogen) atoms. The van der Waals surface area contributed by atoms with Crippen molar-refractivity contribution in [3.05, 3.63) is 198 Å². The summed E-state index contributed by atoms with van der Waals surface area (Å²) in [5.74, 6) is 1.28. The molecule has 6 aromatic carbocycles. The summed E-state index contributed by atoms with van der Waals surface area (Å²) in [7, 11) is 0. The lowest BCUT2D eigenvalue weighted by Crippen LogP contribution is -2.38. The van der Waals surface area contributed by atoms with E-state index >= 15 is 0 Å². The van der Waals surface area contributed by atoms with Crippen LogP contribution in [0.5, 0.6) is 0 Å². The first-order chi connectivity index (χ1) is 17.9. The summed E-state index contributed by atoms with van der Waals surface area (Å²) in [6.07, 6.45) is 0. The van der Waals surface area contributed by atoms with Crippen LogP contribution in [0.15, 0.2) is 164 Å². The predicted molar refractivity (Wildman–Crippen MR) is 151 cm³/mol. The molecule has 0 N–H and O–H groups in total. The van der Waals surface area contributed by atoms with Crippen LogP contribution in [0.25, 0.3) is 10.8 Å². The molecule has 0 heterocycles. The highest BCUT2D eigenvalue weighted by atomic mass is 14.5. The van der Waals surface area contributed by atoms with Crippen LogP contribution in [-0.4, -0.2) is 0 Å². The topological polar surface area (TPSA) is 0 Å². The quantitative estimate of drug-likeness (QED) is 0.218. The lowest BCUT2D eigenvalue weighted by Gasteiger charge is -2.43. The van der Waals surface area contributed by atoms with Crippen molar-refractivity contribution in [3.8, 4) is 0 Å². The van der Waals surface area contributed by atoms with Gasteiger partial charge in [-0.3, -0.25) is 0 Å². The Labute approximate surface area is 213 Å². The fourth-order valence-electron chi connectivity index (χ4n) is 5.64. The molecule has 0 fully saturated rings. The number of fused-ring (bicyclic) bond motifs is 1. The van der Waals surface area contributed by atoms with E-state index in [2.05, 4.69) is 164 Å². The Bertz CT molecular complexity index is 1470. The number of hydrogen-bond donors (Lipinski definition) is 0. The first kappa shape index (κ1) is 22.1. The lowest BCUT2D eigenvalue weighted by molar-refractivity contribution is 0.677. The molecule has 0 atom stereocenters. The van der Waals surface area contributed by atoms with Gasteiger partial charge in [0.2, 0.25) is 0 Å². The second-order valence-corrected chi connectivity index (χ2v) is 9.12. The fourth-order valence-corrected chi connectivity index (χ4v) is 5.64. The van der Waals surface area contributed by atoms with Gasteiger partial charge in [-0.1, -0.05) is 164 Å². The molecular formula is C36H27. The van der Waals surface area contributed by atoms with E-state index in [1.54, 1.807) is 0 Å². The van der Waals surface area contributed by atoms with Crippen LogP contribution in [0, 0.1) is 5.92 Å². The van der Waals surface area contributed by atoms with E-state index in [4.69, 9.17) is 0 Å². The Hall–Kier alpha value is -4.42. The summed E-state index contributed by atoms with van der Waals surface area (Å²) >= 11 is 0. The van der Waals surface area contributed by atoms with Crippen molar-refractivity contribution in [2.75, 3.05) is 0 Å². The molecule has 0 spiro atoms. The van der Waals surface area contributed by atoms with Gasteiger partial charge < -0.3 is 0 Å². The van der Waals surface area contributed by atoms with Crippen LogP contribution >= 0.6 is 0 Å². The van der Waals surface area contributed by atoms with Gasteiger partial charge in [-0.15, -0.1) is 0 Å². The lowest BCUT2D eigenvalue weighted by atomic mass is 9.57. The molecule has 0 heteroatoms. The average Bonchev–Trinajstić information content (AvgIpc) is 2.97. The van der Waals surface area contributed by atoms with E-state index < -0.39 is 5.41 Å². The van der Waals surface area contributed by atoms with E-state index in [1.807, 2.05) is 0 Å². The third kappa shape index (κ3) is 3.72. The zero-order valence-electron chi connectivity index (χ0n) is 20.1. The molecule has 6 rings (SSSR count). The molecule has 0 unspecified atom stereocenters. The normalized spacial score (nSPS) is 11.6. The first-order valence-corrected chi connectivity index (χ1v) is 12.5. The van der Waals surface area contributed by atoms with E-state index in [0.717, 1.165) is 0 Å². The maximum Gasteiger partial charge on any atom is 0.0606 e. The van der Waals surface area contributed by atoms with Crippen LogP contribution in [0.3, 0.4) is 0 Å². The monoisotopic (exact) mass is 459 g/mol. The number of benzene rings is 6. The molecule has 0 aliphatic rings. The summed E-state index contributed by atoms with van der Waals surface area (Å²) in [5, 5.41) is 2.50. The zero-order chi connectivity index (χ0) is 24.2. The summed E-state index contributed by atoms with van der Waals surface area (Å²) in [4.78, 5) is 0. The van der Waals surface area contributed by atoms with Crippen LogP contribution in [-0.2, 0) is 5.41 Å². The van der Waals surface area contributed by atoms with Gasteiger partial charge in [0.15, 0.2) is 0 Å². The van der Waals surface area contributed by atoms with Gasteiger partial charge in [-0.25, -0.2) is 0 Å². The Kier molecular flexibility index (Phi) is 5.93. The maximum atomic E-state index is 2.31. The fraction of sp³-hybridized carbons (Fsp3) is 0.0278. The highest BCUT2D eigenvalue weighted by molar-refractivity contribution is 5.89. The van der Waals surface area contributed by atoms with Gasteiger partial charge in [0, 0.05) is 0 Å². The summed E-state index contributed by atoms with van der Waals surface area (Å²) in [5.41, 5.74) is 5.64. The van der Waals surface area contributed by atoms with Crippen LogP contribution in [0.1, 0.15) is 27.8 Å². The van der Waals surface area contributed by atoms with E-state index in [1.165, 1.54) is 44.5 Å². The number of hydrogen-bond acceptors (Lipinski definition) is 0. The van der Waals surface area contributed by atoms with Crippen molar-refractivity contribution in [1.82, 2.24) is 0 Å². The smallest absolute Gasteiger partial charge is 0.0606 e. The molecule has 0 aromatic heterocycles. The molecule has 0 aliphatic carbocycles. The van der Waals surface area contributed by atoms with Gasteiger partial charge in [-0.2, -0.15) is 0 Å².